The summed E-state index contributed by atoms with van der Waals surface area (Å²) in [5.74, 6) is 0.622. The molecule has 3 rings (SSSR count). The van der Waals surface area contributed by atoms with E-state index in [4.69, 9.17) is 4.42 Å². The zero-order valence-corrected chi connectivity index (χ0v) is 12.9. The Bertz CT molecular complexity index is 820. The first kappa shape index (κ1) is 13.8. The minimum absolute atomic E-state index is 0.116. The van der Waals surface area contributed by atoms with Crippen molar-refractivity contribution in [1.82, 2.24) is 9.97 Å². The summed E-state index contributed by atoms with van der Waals surface area (Å²) >= 11 is 1.46. The number of aryl methyl sites for hydroxylation is 2. The Morgan fingerprint density at radius 2 is 2.19 bits per heavy atom. The summed E-state index contributed by atoms with van der Waals surface area (Å²) in [5, 5.41) is 3.34. The number of nitrogens with one attached hydrogen (secondary N) is 1. The predicted octanol–water partition coefficient (Wildman–Crippen LogP) is 3.78. The molecule has 0 aliphatic rings. The number of aromatic nitrogens is 2. The average Bonchev–Trinajstić information content (AvgIpc) is 3.00. The van der Waals surface area contributed by atoms with E-state index in [1.165, 1.54) is 18.3 Å². The number of carbonyl (C=O) groups is 1. The van der Waals surface area contributed by atoms with E-state index in [1.807, 2.05) is 32.0 Å². The second-order valence-electron chi connectivity index (χ2n) is 4.76. The Hall–Kier alpha value is -2.21. The number of oxazole rings is 1. The van der Waals surface area contributed by atoms with Gasteiger partial charge in [-0.1, -0.05) is 18.3 Å². The lowest BCUT2D eigenvalue weighted by atomic mass is 10.1. The molecule has 1 aromatic carbocycles. The third-order valence-corrected chi connectivity index (χ3v) is 4.20. The lowest BCUT2D eigenvalue weighted by molar-refractivity contribution is -0.114. The van der Waals surface area contributed by atoms with Crippen LogP contribution in [-0.2, 0) is 11.2 Å². The number of anilines is 1. The third-order valence-electron chi connectivity index (χ3n) is 3.08. The van der Waals surface area contributed by atoms with E-state index in [9.17, 15) is 4.79 Å². The van der Waals surface area contributed by atoms with E-state index >= 15 is 0 Å². The van der Waals surface area contributed by atoms with Crippen LogP contribution < -0.4 is 5.32 Å². The van der Waals surface area contributed by atoms with Crippen molar-refractivity contribution in [2.45, 2.75) is 27.2 Å². The molecule has 0 aliphatic heterocycles. The molecular weight excluding hydrogens is 286 g/mol. The highest BCUT2D eigenvalue weighted by Gasteiger charge is 2.12. The lowest BCUT2D eigenvalue weighted by Gasteiger charge is -1.97. The highest BCUT2D eigenvalue weighted by Crippen LogP contribution is 2.34. The maximum atomic E-state index is 11.1. The molecule has 0 saturated heterocycles. The van der Waals surface area contributed by atoms with Crippen molar-refractivity contribution in [2.24, 2.45) is 0 Å². The smallest absolute Gasteiger partial charge is 0.223 e. The minimum atomic E-state index is -0.116. The van der Waals surface area contributed by atoms with Crippen LogP contribution in [0.2, 0.25) is 0 Å². The summed E-state index contributed by atoms with van der Waals surface area (Å²) in [6.07, 6.45) is 0.774. The van der Waals surface area contributed by atoms with Crippen LogP contribution in [0.25, 0.3) is 21.5 Å². The number of fused-ring (bicyclic) bond motifs is 1. The monoisotopic (exact) mass is 301 g/mol. The quantitative estimate of drug-likeness (QED) is 0.799. The molecule has 0 bridgehead atoms. The molecule has 5 nitrogen and oxygen atoms in total. The molecule has 2 aromatic heterocycles. The largest absolute Gasteiger partial charge is 0.441 e. The molecule has 108 valence electrons. The second-order valence-corrected chi connectivity index (χ2v) is 5.76. The molecule has 0 atom stereocenters. The zero-order chi connectivity index (χ0) is 15.0. The molecule has 0 spiro atoms. The fourth-order valence-electron chi connectivity index (χ4n) is 2.14. The van der Waals surface area contributed by atoms with E-state index in [2.05, 4.69) is 15.3 Å². The van der Waals surface area contributed by atoms with E-state index in [1.54, 1.807) is 0 Å². The topological polar surface area (TPSA) is 68.0 Å². The van der Waals surface area contributed by atoms with Gasteiger partial charge in [-0.2, -0.15) is 0 Å². The van der Waals surface area contributed by atoms with Crippen LogP contribution in [0.3, 0.4) is 0 Å². The molecular formula is C15H15N3O2S. The predicted molar refractivity (Wildman–Crippen MR) is 83.5 cm³/mol. The van der Waals surface area contributed by atoms with Gasteiger partial charge < -0.3 is 9.73 Å². The van der Waals surface area contributed by atoms with Gasteiger partial charge >= 0.3 is 0 Å². The van der Waals surface area contributed by atoms with Crippen molar-refractivity contribution in [3.63, 3.8) is 0 Å². The number of rotatable bonds is 3. The Morgan fingerprint density at radius 1 is 1.38 bits per heavy atom. The SMILES string of the molecule is CCc1nc2cc(-c3sc(NC(C)=O)nc3C)ccc2o1. The van der Waals surface area contributed by atoms with Crippen LogP contribution in [-0.4, -0.2) is 15.9 Å². The van der Waals surface area contributed by atoms with Gasteiger partial charge in [0.15, 0.2) is 16.6 Å². The highest BCUT2D eigenvalue weighted by molar-refractivity contribution is 7.19. The maximum absolute atomic E-state index is 11.1. The van der Waals surface area contributed by atoms with E-state index < -0.39 is 0 Å². The summed E-state index contributed by atoms with van der Waals surface area (Å²) in [7, 11) is 0. The van der Waals surface area contributed by atoms with Gasteiger partial charge in [0, 0.05) is 13.3 Å². The van der Waals surface area contributed by atoms with Crippen molar-refractivity contribution in [1.29, 1.82) is 0 Å². The van der Waals surface area contributed by atoms with E-state index in [-0.39, 0.29) is 5.91 Å². The molecule has 0 unspecified atom stereocenters. The Balaban J connectivity index is 2.03. The number of benzene rings is 1. The molecule has 21 heavy (non-hydrogen) atoms. The number of amides is 1. The summed E-state index contributed by atoms with van der Waals surface area (Å²) in [4.78, 5) is 21.0. The summed E-state index contributed by atoms with van der Waals surface area (Å²) in [6, 6.07) is 5.91. The summed E-state index contributed by atoms with van der Waals surface area (Å²) < 4.78 is 5.62. The molecule has 6 heteroatoms. The maximum Gasteiger partial charge on any atom is 0.223 e. The lowest BCUT2D eigenvalue weighted by Crippen LogP contribution is -2.04. The van der Waals surface area contributed by atoms with Gasteiger partial charge in [-0.15, -0.1) is 0 Å². The number of carbonyl (C=O) groups excluding carboxylic acids is 1. The van der Waals surface area contributed by atoms with Crippen LogP contribution in [0.15, 0.2) is 22.6 Å². The molecule has 1 N–H and O–H groups in total. The molecule has 1 amide bonds. The molecule has 3 aromatic rings. The summed E-state index contributed by atoms with van der Waals surface area (Å²) in [5.41, 5.74) is 3.56. The Kier molecular flexibility index (Phi) is 3.47. The van der Waals surface area contributed by atoms with E-state index in [0.717, 1.165) is 39.5 Å². The third kappa shape index (κ3) is 2.67. The van der Waals surface area contributed by atoms with Crippen LogP contribution in [0.1, 0.15) is 25.4 Å². The van der Waals surface area contributed by atoms with Crippen LogP contribution >= 0.6 is 11.3 Å². The first-order chi connectivity index (χ1) is 10.1. The van der Waals surface area contributed by atoms with Gasteiger partial charge in [-0.25, -0.2) is 9.97 Å². The Labute approximate surface area is 126 Å². The van der Waals surface area contributed by atoms with Crippen molar-refractivity contribution < 1.29 is 9.21 Å². The number of thiazole rings is 1. The van der Waals surface area contributed by atoms with Crippen LogP contribution in [0, 0.1) is 6.92 Å². The van der Waals surface area contributed by atoms with Crippen LogP contribution in [0.5, 0.6) is 0 Å². The van der Waals surface area contributed by atoms with Gasteiger partial charge in [-0.3, -0.25) is 4.79 Å². The van der Waals surface area contributed by atoms with Crippen LogP contribution in [0.4, 0.5) is 5.13 Å². The second kappa shape index (κ2) is 5.29. The van der Waals surface area contributed by atoms with Gasteiger partial charge in [0.05, 0.1) is 10.6 Å². The fourth-order valence-corrected chi connectivity index (χ4v) is 3.14. The average molecular weight is 301 g/mol. The molecule has 0 aliphatic carbocycles. The van der Waals surface area contributed by atoms with Crippen molar-refractivity contribution in [2.75, 3.05) is 5.32 Å². The molecule has 0 radical (unpaired) electrons. The standard InChI is InChI=1S/C15H15N3O2S/c1-4-13-18-11-7-10(5-6-12(11)20-13)14-8(2)16-15(21-14)17-9(3)19/h5-7H,4H2,1-3H3,(H,16,17,19). The van der Waals surface area contributed by atoms with Gasteiger partial charge in [0.2, 0.25) is 5.91 Å². The number of nitrogens with zero attached hydrogens (tertiary/aromatic N) is 2. The van der Waals surface area contributed by atoms with Gasteiger partial charge in [-0.05, 0) is 30.7 Å². The van der Waals surface area contributed by atoms with Gasteiger partial charge in [0.1, 0.15) is 5.52 Å². The number of hydrogen-bond acceptors (Lipinski definition) is 5. The molecule has 2 heterocycles. The molecule has 0 fully saturated rings. The Morgan fingerprint density at radius 3 is 2.90 bits per heavy atom. The van der Waals surface area contributed by atoms with Crippen molar-refractivity contribution in [3.8, 4) is 10.4 Å². The van der Waals surface area contributed by atoms with E-state index in [0.29, 0.717) is 5.13 Å². The first-order valence-corrected chi connectivity index (χ1v) is 7.53. The highest BCUT2D eigenvalue weighted by atomic mass is 32.1. The number of hydrogen-bond donors (Lipinski definition) is 1. The summed E-state index contributed by atoms with van der Waals surface area (Å²) in [6.45, 7) is 5.42. The minimum Gasteiger partial charge on any atom is -0.441 e. The van der Waals surface area contributed by atoms with Crippen molar-refractivity contribution >= 4 is 33.5 Å². The fraction of sp³-hybridized carbons (Fsp3) is 0.267. The van der Waals surface area contributed by atoms with Gasteiger partial charge in [0.25, 0.3) is 0 Å². The first-order valence-electron chi connectivity index (χ1n) is 6.71. The zero-order valence-electron chi connectivity index (χ0n) is 12.1. The molecule has 0 saturated carbocycles. The normalized spacial score (nSPS) is 11.0. The van der Waals surface area contributed by atoms with Crippen molar-refractivity contribution in [3.05, 3.63) is 29.8 Å².